The quantitative estimate of drug-likeness (QED) is 0.833. The van der Waals surface area contributed by atoms with Crippen molar-refractivity contribution >= 4 is 6.09 Å². The molecule has 0 spiro atoms. The number of ether oxygens (including phenoxy) is 1. The number of fused-ring (bicyclic) bond motifs is 1. The molecule has 1 unspecified atom stereocenters. The Morgan fingerprint density at radius 3 is 2.95 bits per heavy atom. The summed E-state index contributed by atoms with van der Waals surface area (Å²) in [5, 5.41) is 4.32. The number of hydrogen-bond donors (Lipinski definition) is 0. The molecule has 0 aromatic carbocycles. The maximum atomic E-state index is 11.8. The lowest BCUT2D eigenvalue weighted by Crippen LogP contribution is -2.60. The number of carbonyl (C=O) groups excluding carboxylic acids is 1. The normalized spacial score (nSPS) is 26.7. The molecule has 2 fully saturated rings. The number of rotatable bonds is 4. The lowest BCUT2D eigenvalue weighted by molar-refractivity contribution is 0.0449. The number of carbonyl (C=O) groups is 1. The lowest BCUT2D eigenvalue weighted by atomic mass is 9.93. The first kappa shape index (κ1) is 13.4. The van der Waals surface area contributed by atoms with Crippen LogP contribution in [-0.2, 0) is 17.8 Å². The van der Waals surface area contributed by atoms with Crippen molar-refractivity contribution < 1.29 is 9.53 Å². The van der Waals surface area contributed by atoms with Crippen LogP contribution in [0.15, 0.2) is 12.4 Å². The van der Waals surface area contributed by atoms with Crippen molar-refractivity contribution in [3.8, 4) is 0 Å². The van der Waals surface area contributed by atoms with E-state index in [-0.39, 0.29) is 11.6 Å². The van der Waals surface area contributed by atoms with Gasteiger partial charge in [-0.1, -0.05) is 6.92 Å². The minimum absolute atomic E-state index is 0.129. The molecular formula is C14H22N4O2. The van der Waals surface area contributed by atoms with Gasteiger partial charge in [0.1, 0.15) is 6.61 Å². The van der Waals surface area contributed by atoms with Crippen LogP contribution in [0.5, 0.6) is 0 Å². The van der Waals surface area contributed by atoms with Gasteiger partial charge in [0.15, 0.2) is 0 Å². The number of aryl methyl sites for hydroxylation is 1. The first-order valence-electron chi connectivity index (χ1n) is 7.35. The Morgan fingerprint density at radius 2 is 2.25 bits per heavy atom. The Hall–Kier alpha value is -1.56. The number of amides is 1. The molecule has 2 aliphatic heterocycles. The largest absolute Gasteiger partial charge is 0.447 e. The molecule has 0 saturated carbocycles. The number of aromatic nitrogens is 2. The average molecular weight is 278 g/mol. The van der Waals surface area contributed by atoms with E-state index >= 15 is 0 Å². The van der Waals surface area contributed by atoms with E-state index < -0.39 is 0 Å². The monoisotopic (exact) mass is 278 g/mol. The summed E-state index contributed by atoms with van der Waals surface area (Å²) >= 11 is 0. The van der Waals surface area contributed by atoms with Crippen LogP contribution < -0.4 is 0 Å². The third-order valence-corrected chi connectivity index (χ3v) is 4.49. The summed E-state index contributed by atoms with van der Waals surface area (Å²) in [5.41, 5.74) is 1.10. The standard InChI is InChI=1S/C14H22N4O2/c1-3-14-10-16(5-6-18(14)13(19)20-11-14)8-12-7-15-17(4-2)9-12/h7,9H,3-6,8,10-11H2,1-2H3. The van der Waals surface area contributed by atoms with Crippen molar-refractivity contribution in [1.29, 1.82) is 0 Å². The zero-order valence-corrected chi connectivity index (χ0v) is 12.2. The van der Waals surface area contributed by atoms with E-state index in [1.165, 1.54) is 5.56 Å². The van der Waals surface area contributed by atoms with Crippen molar-refractivity contribution in [3.63, 3.8) is 0 Å². The minimum Gasteiger partial charge on any atom is -0.447 e. The predicted molar refractivity (Wildman–Crippen MR) is 74.3 cm³/mol. The Labute approximate surface area is 119 Å². The third-order valence-electron chi connectivity index (χ3n) is 4.49. The van der Waals surface area contributed by atoms with Crippen molar-refractivity contribution in [2.45, 2.75) is 38.9 Å². The van der Waals surface area contributed by atoms with E-state index in [1.807, 2.05) is 15.8 Å². The Balaban J connectivity index is 1.69. The van der Waals surface area contributed by atoms with Crippen molar-refractivity contribution in [2.75, 3.05) is 26.2 Å². The highest BCUT2D eigenvalue weighted by Gasteiger charge is 2.49. The maximum absolute atomic E-state index is 11.8. The zero-order chi connectivity index (χ0) is 14.2. The van der Waals surface area contributed by atoms with E-state index in [1.54, 1.807) is 0 Å². The van der Waals surface area contributed by atoms with Crippen LogP contribution in [-0.4, -0.2) is 57.5 Å². The topological polar surface area (TPSA) is 50.6 Å². The van der Waals surface area contributed by atoms with Crippen LogP contribution in [0.4, 0.5) is 4.79 Å². The van der Waals surface area contributed by atoms with Gasteiger partial charge in [-0.2, -0.15) is 5.10 Å². The van der Waals surface area contributed by atoms with Gasteiger partial charge in [-0.25, -0.2) is 4.79 Å². The fourth-order valence-electron chi connectivity index (χ4n) is 3.20. The van der Waals surface area contributed by atoms with Gasteiger partial charge in [-0.3, -0.25) is 14.5 Å². The predicted octanol–water partition coefficient (Wildman–Crippen LogP) is 1.32. The van der Waals surface area contributed by atoms with Crippen molar-refractivity contribution in [2.24, 2.45) is 0 Å². The first-order valence-corrected chi connectivity index (χ1v) is 7.35. The van der Waals surface area contributed by atoms with Crippen LogP contribution in [0, 0.1) is 0 Å². The summed E-state index contributed by atoms with van der Waals surface area (Å²) in [5.74, 6) is 0. The summed E-state index contributed by atoms with van der Waals surface area (Å²) in [4.78, 5) is 16.1. The molecule has 3 heterocycles. The van der Waals surface area contributed by atoms with Crippen molar-refractivity contribution in [3.05, 3.63) is 18.0 Å². The van der Waals surface area contributed by atoms with Crippen LogP contribution in [0.25, 0.3) is 0 Å². The van der Waals surface area contributed by atoms with E-state index in [4.69, 9.17) is 4.74 Å². The van der Waals surface area contributed by atoms with E-state index in [9.17, 15) is 4.79 Å². The third kappa shape index (κ3) is 2.18. The molecule has 0 aliphatic carbocycles. The fourth-order valence-corrected chi connectivity index (χ4v) is 3.20. The zero-order valence-electron chi connectivity index (χ0n) is 12.2. The second-order valence-electron chi connectivity index (χ2n) is 5.70. The molecule has 1 aromatic rings. The van der Waals surface area contributed by atoms with E-state index in [0.29, 0.717) is 6.61 Å². The number of nitrogens with zero attached hydrogens (tertiary/aromatic N) is 4. The summed E-state index contributed by atoms with van der Waals surface area (Å²) in [6.45, 7) is 9.07. The van der Waals surface area contributed by atoms with Gasteiger partial charge in [-0.15, -0.1) is 0 Å². The highest BCUT2D eigenvalue weighted by atomic mass is 16.6. The van der Waals surface area contributed by atoms with Gasteiger partial charge in [-0.05, 0) is 13.3 Å². The molecule has 3 rings (SSSR count). The Kier molecular flexibility index (Phi) is 3.41. The van der Waals surface area contributed by atoms with Crippen molar-refractivity contribution in [1.82, 2.24) is 19.6 Å². The molecule has 20 heavy (non-hydrogen) atoms. The molecule has 0 N–H and O–H groups in total. The van der Waals surface area contributed by atoms with Gasteiger partial charge in [0.05, 0.1) is 11.7 Å². The maximum Gasteiger partial charge on any atom is 0.410 e. The lowest BCUT2D eigenvalue weighted by Gasteiger charge is -2.44. The van der Waals surface area contributed by atoms with Gasteiger partial charge in [0, 0.05) is 44.5 Å². The summed E-state index contributed by atoms with van der Waals surface area (Å²) in [6, 6.07) is 0. The second-order valence-corrected chi connectivity index (χ2v) is 5.70. The molecule has 2 saturated heterocycles. The molecule has 6 heteroatoms. The molecule has 1 amide bonds. The Morgan fingerprint density at radius 1 is 1.40 bits per heavy atom. The fraction of sp³-hybridized carbons (Fsp3) is 0.714. The van der Waals surface area contributed by atoms with Gasteiger partial charge < -0.3 is 4.74 Å². The molecular weight excluding hydrogens is 256 g/mol. The van der Waals surface area contributed by atoms with Gasteiger partial charge in [0.25, 0.3) is 0 Å². The highest BCUT2D eigenvalue weighted by molar-refractivity contribution is 5.71. The van der Waals surface area contributed by atoms with Crippen LogP contribution in [0.3, 0.4) is 0 Å². The summed E-state index contributed by atoms with van der Waals surface area (Å²) < 4.78 is 7.21. The van der Waals surface area contributed by atoms with Crippen LogP contribution in [0.2, 0.25) is 0 Å². The average Bonchev–Trinajstić information content (AvgIpc) is 3.04. The molecule has 1 aromatic heterocycles. The highest BCUT2D eigenvalue weighted by Crippen LogP contribution is 2.32. The van der Waals surface area contributed by atoms with Gasteiger partial charge in [0.2, 0.25) is 0 Å². The van der Waals surface area contributed by atoms with Crippen LogP contribution in [0.1, 0.15) is 25.8 Å². The summed E-state index contributed by atoms with van der Waals surface area (Å²) in [7, 11) is 0. The molecule has 6 nitrogen and oxygen atoms in total. The number of cyclic esters (lactones) is 1. The molecule has 110 valence electrons. The van der Waals surface area contributed by atoms with E-state index in [2.05, 4.69) is 30.0 Å². The summed E-state index contributed by atoms with van der Waals surface area (Å²) in [6.07, 6.45) is 4.82. The van der Waals surface area contributed by atoms with Gasteiger partial charge >= 0.3 is 6.09 Å². The minimum atomic E-state index is -0.148. The molecule has 0 bridgehead atoms. The Bertz CT molecular complexity index is 501. The molecule has 2 aliphatic rings. The SMILES string of the molecule is CCn1cc(CN2CCN3C(=O)OCC3(CC)C2)cn1. The second kappa shape index (κ2) is 5.09. The number of hydrogen-bond acceptors (Lipinski definition) is 4. The molecule has 0 radical (unpaired) electrons. The smallest absolute Gasteiger partial charge is 0.410 e. The van der Waals surface area contributed by atoms with Crippen LogP contribution >= 0.6 is 0 Å². The first-order chi connectivity index (χ1) is 9.66. The van der Waals surface area contributed by atoms with E-state index in [0.717, 1.165) is 39.1 Å². The molecule has 1 atom stereocenters. The number of piperazine rings is 1.